The van der Waals surface area contributed by atoms with Gasteiger partial charge in [0.25, 0.3) is 5.82 Å². The number of carbonyl (C=O) groups excluding carboxylic acids is 2. The number of esters is 1. The standard InChI is InChI=1S/C22H16FN3O4S/c1-29-18-10-9-14(12-16(18)23)17(27)13-30-22(28)20-24-21(19-8-5-11-31-19)26(25-20)15-6-3-2-4-7-15/h2-12H,13H2,1H3. The van der Waals surface area contributed by atoms with Crippen LogP contribution in [0.2, 0.25) is 0 Å². The Kier molecular flexibility index (Phi) is 5.85. The predicted molar refractivity (Wildman–Crippen MR) is 112 cm³/mol. The molecule has 31 heavy (non-hydrogen) atoms. The molecule has 0 N–H and O–H groups in total. The number of aromatic nitrogens is 3. The summed E-state index contributed by atoms with van der Waals surface area (Å²) in [7, 11) is 1.33. The van der Waals surface area contributed by atoms with Crippen LogP contribution in [0.25, 0.3) is 16.4 Å². The van der Waals surface area contributed by atoms with Crippen molar-refractivity contribution in [3.05, 3.63) is 83.2 Å². The van der Waals surface area contributed by atoms with Crippen molar-refractivity contribution in [2.24, 2.45) is 0 Å². The molecule has 0 radical (unpaired) electrons. The highest BCUT2D eigenvalue weighted by molar-refractivity contribution is 7.13. The topological polar surface area (TPSA) is 83.3 Å². The lowest BCUT2D eigenvalue weighted by molar-refractivity contribution is 0.0462. The Hall–Kier alpha value is -3.85. The summed E-state index contributed by atoms with van der Waals surface area (Å²) in [4.78, 5) is 29.9. The molecule has 0 saturated heterocycles. The van der Waals surface area contributed by atoms with Crippen molar-refractivity contribution in [1.29, 1.82) is 0 Å². The fourth-order valence-corrected chi connectivity index (χ4v) is 3.53. The van der Waals surface area contributed by atoms with E-state index in [1.807, 2.05) is 47.8 Å². The van der Waals surface area contributed by atoms with Crippen LogP contribution in [0.4, 0.5) is 4.39 Å². The third-order valence-corrected chi connectivity index (χ3v) is 5.21. The van der Waals surface area contributed by atoms with Crippen LogP contribution in [-0.4, -0.2) is 40.2 Å². The number of benzene rings is 2. The zero-order chi connectivity index (χ0) is 21.8. The smallest absolute Gasteiger partial charge is 0.378 e. The zero-order valence-electron chi connectivity index (χ0n) is 16.3. The summed E-state index contributed by atoms with van der Waals surface area (Å²) in [6.07, 6.45) is 0. The maximum absolute atomic E-state index is 13.8. The first kappa shape index (κ1) is 20.4. The van der Waals surface area contributed by atoms with E-state index in [4.69, 9.17) is 9.47 Å². The van der Waals surface area contributed by atoms with Crippen molar-refractivity contribution in [3.8, 4) is 22.1 Å². The molecule has 2 aromatic heterocycles. The van der Waals surface area contributed by atoms with Gasteiger partial charge in [-0.05, 0) is 41.8 Å². The van der Waals surface area contributed by atoms with Crippen LogP contribution in [0, 0.1) is 5.82 Å². The molecule has 0 bridgehead atoms. The Morgan fingerprint density at radius 1 is 1.10 bits per heavy atom. The van der Waals surface area contributed by atoms with E-state index in [1.54, 1.807) is 4.68 Å². The number of Topliss-reactive ketones (excluding diaryl/α,β-unsaturated/α-hetero) is 1. The number of halogens is 1. The molecule has 0 saturated carbocycles. The summed E-state index contributed by atoms with van der Waals surface area (Å²) in [6, 6.07) is 16.7. The number of ketones is 1. The molecule has 2 aromatic carbocycles. The molecular weight excluding hydrogens is 421 g/mol. The predicted octanol–water partition coefficient (Wildman–Crippen LogP) is 4.18. The van der Waals surface area contributed by atoms with Gasteiger partial charge in [0.05, 0.1) is 17.7 Å². The monoisotopic (exact) mass is 437 g/mol. The summed E-state index contributed by atoms with van der Waals surface area (Å²) in [6.45, 7) is -0.571. The molecule has 7 nitrogen and oxygen atoms in total. The highest BCUT2D eigenvalue weighted by Crippen LogP contribution is 2.25. The van der Waals surface area contributed by atoms with E-state index in [-0.39, 0.29) is 17.1 Å². The van der Waals surface area contributed by atoms with Crippen LogP contribution in [-0.2, 0) is 4.74 Å². The highest BCUT2D eigenvalue weighted by atomic mass is 32.1. The SMILES string of the molecule is COc1ccc(C(=O)COC(=O)c2nc(-c3cccs3)n(-c3ccccc3)n2)cc1F. The number of para-hydroxylation sites is 1. The van der Waals surface area contributed by atoms with Gasteiger partial charge in [-0.25, -0.2) is 13.9 Å². The number of nitrogens with zero attached hydrogens (tertiary/aromatic N) is 3. The van der Waals surface area contributed by atoms with Gasteiger partial charge in [-0.1, -0.05) is 24.3 Å². The second-order valence-corrected chi connectivity index (χ2v) is 7.28. The van der Waals surface area contributed by atoms with Crippen molar-refractivity contribution >= 4 is 23.1 Å². The summed E-state index contributed by atoms with van der Waals surface area (Å²) >= 11 is 1.45. The quantitative estimate of drug-likeness (QED) is 0.319. The van der Waals surface area contributed by atoms with Gasteiger partial charge in [-0.15, -0.1) is 16.4 Å². The number of carbonyl (C=O) groups is 2. The lowest BCUT2D eigenvalue weighted by Gasteiger charge is -2.05. The van der Waals surface area contributed by atoms with Gasteiger partial charge >= 0.3 is 5.97 Å². The zero-order valence-corrected chi connectivity index (χ0v) is 17.1. The molecule has 0 atom stereocenters. The second kappa shape index (κ2) is 8.88. The summed E-state index contributed by atoms with van der Waals surface area (Å²) in [5, 5.41) is 6.17. The molecule has 9 heteroatoms. The molecule has 0 unspecified atom stereocenters. The van der Waals surface area contributed by atoms with Crippen molar-refractivity contribution in [1.82, 2.24) is 14.8 Å². The van der Waals surface area contributed by atoms with Crippen LogP contribution in [0.1, 0.15) is 21.0 Å². The minimum absolute atomic E-state index is 0.0188. The van der Waals surface area contributed by atoms with Gasteiger partial charge in [-0.3, -0.25) is 4.79 Å². The molecule has 0 aliphatic carbocycles. The summed E-state index contributed by atoms with van der Waals surface area (Å²) in [5.41, 5.74) is 0.787. The minimum atomic E-state index is -0.852. The molecule has 0 spiro atoms. The fourth-order valence-electron chi connectivity index (χ4n) is 2.83. The van der Waals surface area contributed by atoms with E-state index in [2.05, 4.69) is 10.1 Å². The van der Waals surface area contributed by atoms with E-state index >= 15 is 0 Å². The largest absolute Gasteiger partial charge is 0.494 e. The fraction of sp³-hybridized carbons (Fsp3) is 0.0909. The van der Waals surface area contributed by atoms with Crippen LogP contribution in [0.15, 0.2) is 66.0 Å². The molecular formula is C22H16FN3O4S. The van der Waals surface area contributed by atoms with E-state index < -0.39 is 24.2 Å². The normalized spacial score (nSPS) is 10.6. The number of methoxy groups -OCH3 is 1. The Balaban J connectivity index is 1.54. The number of ether oxygens (including phenoxy) is 2. The van der Waals surface area contributed by atoms with E-state index in [0.717, 1.165) is 16.6 Å². The van der Waals surface area contributed by atoms with Crippen LogP contribution in [0.3, 0.4) is 0 Å². The summed E-state index contributed by atoms with van der Waals surface area (Å²) in [5.74, 6) is -1.77. The Labute approximate surface area is 180 Å². The third kappa shape index (κ3) is 4.36. The van der Waals surface area contributed by atoms with Gasteiger partial charge in [0, 0.05) is 5.56 Å². The van der Waals surface area contributed by atoms with Gasteiger partial charge in [0.2, 0.25) is 0 Å². The van der Waals surface area contributed by atoms with Crippen LogP contribution >= 0.6 is 11.3 Å². The van der Waals surface area contributed by atoms with E-state index in [0.29, 0.717) is 5.82 Å². The lowest BCUT2D eigenvalue weighted by Crippen LogP contribution is -2.16. The van der Waals surface area contributed by atoms with Crippen LogP contribution in [0.5, 0.6) is 5.75 Å². The molecule has 0 fully saturated rings. The number of hydrogen-bond donors (Lipinski definition) is 0. The van der Waals surface area contributed by atoms with Gasteiger partial charge in [0.1, 0.15) is 0 Å². The molecule has 0 aliphatic rings. The molecule has 4 aromatic rings. The van der Waals surface area contributed by atoms with Crippen molar-refractivity contribution in [2.45, 2.75) is 0 Å². The molecule has 0 amide bonds. The second-order valence-electron chi connectivity index (χ2n) is 6.33. The van der Waals surface area contributed by atoms with E-state index in [9.17, 15) is 14.0 Å². The Morgan fingerprint density at radius 2 is 1.90 bits per heavy atom. The molecule has 0 aliphatic heterocycles. The maximum Gasteiger partial charge on any atom is 0.378 e. The molecule has 156 valence electrons. The first-order valence-electron chi connectivity index (χ1n) is 9.17. The van der Waals surface area contributed by atoms with Crippen molar-refractivity contribution < 1.29 is 23.5 Å². The highest BCUT2D eigenvalue weighted by Gasteiger charge is 2.21. The van der Waals surface area contributed by atoms with Gasteiger partial charge in [0.15, 0.2) is 29.8 Å². The van der Waals surface area contributed by atoms with Crippen molar-refractivity contribution in [3.63, 3.8) is 0 Å². The maximum atomic E-state index is 13.8. The molecule has 4 rings (SSSR count). The third-order valence-electron chi connectivity index (χ3n) is 4.34. The number of hydrogen-bond acceptors (Lipinski definition) is 7. The average Bonchev–Trinajstić information content (AvgIpc) is 3.47. The lowest BCUT2D eigenvalue weighted by atomic mass is 10.1. The van der Waals surface area contributed by atoms with Gasteiger partial charge in [-0.2, -0.15) is 4.98 Å². The Bertz CT molecular complexity index is 1220. The number of rotatable bonds is 7. The van der Waals surface area contributed by atoms with Crippen molar-refractivity contribution in [2.75, 3.05) is 13.7 Å². The minimum Gasteiger partial charge on any atom is -0.494 e. The number of thiophene rings is 1. The van der Waals surface area contributed by atoms with E-state index in [1.165, 1.54) is 30.6 Å². The Morgan fingerprint density at radius 3 is 2.58 bits per heavy atom. The first-order valence-corrected chi connectivity index (χ1v) is 10.0. The average molecular weight is 437 g/mol. The van der Waals surface area contributed by atoms with Crippen LogP contribution < -0.4 is 4.74 Å². The molecule has 2 heterocycles. The first-order chi connectivity index (χ1) is 15.1. The summed E-state index contributed by atoms with van der Waals surface area (Å²) < 4.78 is 25.3. The van der Waals surface area contributed by atoms with Gasteiger partial charge < -0.3 is 9.47 Å².